The van der Waals surface area contributed by atoms with Gasteiger partial charge in [-0.05, 0) is 73.4 Å². The average molecular weight is 701 g/mol. The van der Waals surface area contributed by atoms with Crippen molar-refractivity contribution in [1.29, 1.82) is 0 Å². The second-order valence-electron chi connectivity index (χ2n) is 17.4. The van der Waals surface area contributed by atoms with E-state index in [9.17, 15) is 15.0 Å². The van der Waals surface area contributed by atoms with Gasteiger partial charge in [0.15, 0.2) is 14.1 Å². The maximum absolute atomic E-state index is 14.5. The van der Waals surface area contributed by atoms with Gasteiger partial charge in [-0.1, -0.05) is 85.3 Å². The van der Waals surface area contributed by atoms with E-state index < -0.39 is 56.0 Å². The molecule has 9 heteroatoms. The van der Waals surface area contributed by atoms with Crippen LogP contribution >= 0.6 is 0 Å². The highest BCUT2D eigenvalue weighted by atomic mass is 28.4. The van der Waals surface area contributed by atoms with E-state index in [1.807, 2.05) is 45.1 Å². The molecule has 4 heterocycles. The molecule has 0 amide bonds. The Kier molecular flexibility index (Phi) is 11.4. The second-order valence-corrected chi connectivity index (χ2v) is 22.2. The van der Waals surface area contributed by atoms with Crippen LogP contribution in [0.5, 0.6) is 0 Å². The summed E-state index contributed by atoms with van der Waals surface area (Å²) in [6, 6.07) is 0. The van der Waals surface area contributed by atoms with Gasteiger partial charge in [-0.15, -0.1) is 0 Å². The van der Waals surface area contributed by atoms with Crippen molar-refractivity contribution in [3.8, 4) is 0 Å². The monoisotopic (exact) mass is 700 g/mol. The third kappa shape index (κ3) is 7.65. The Labute approximate surface area is 296 Å². The first kappa shape index (κ1) is 38.6. The molecule has 5 aliphatic rings. The maximum atomic E-state index is 14.5. The lowest BCUT2D eigenvalue weighted by Crippen LogP contribution is -2.60. The fourth-order valence-corrected chi connectivity index (χ4v) is 9.48. The van der Waals surface area contributed by atoms with E-state index in [4.69, 9.17) is 23.4 Å². The minimum Gasteiger partial charge on any atom is -0.462 e. The summed E-state index contributed by atoms with van der Waals surface area (Å²) in [5.74, 6) is -1.72. The molecule has 0 aromatic heterocycles. The molecule has 0 aromatic carbocycles. The number of fused-ring (bicyclic) bond motifs is 2. The number of hydrogen-bond donors (Lipinski definition) is 2. The smallest absolute Gasteiger partial charge is 0.316 e. The van der Waals surface area contributed by atoms with Crippen LogP contribution in [0.3, 0.4) is 0 Å². The summed E-state index contributed by atoms with van der Waals surface area (Å²) in [5.41, 5.74) is 0.674. The largest absolute Gasteiger partial charge is 0.462 e. The zero-order valence-corrected chi connectivity index (χ0v) is 33.0. The van der Waals surface area contributed by atoms with Gasteiger partial charge >= 0.3 is 5.97 Å². The average Bonchev–Trinajstić information content (AvgIpc) is 3.36. The van der Waals surface area contributed by atoms with Crippen molar-refractivity contribution in [1.82, 2.24) is 0 Å². The molecule has 12 atom stereocenters. The molecule has 0 saturated carbocycles. The molecule has 1 spiro atoms. The Bertz CT molecular complexity index is 1340. The number of carbonyl (C=O) groups is 1. The van der Waals surface area contributed by atoms with Gasteiger partial charge in [0.05, 0.1) is 31.0 Å². The number of aliphatic hydroxyl groups excluding tert-OH is 1. The number of ether oxygens (including phenoxy) is 4. The molecule has 0 unspecified atom stereocenters. The highest BCUT2D eigenvalue weighted by molar-refractivity contribution is 6.74. The molecule has 4 aliphatic heterocycles. The molecule has 8 nitrogen and oxygen atoms in total. The molecule has 3 fully saturated rings. The van der Waals surface area contributed by atoms with E-state index in [0.717, 1.165) is 30.4 Å². The van der Waals surface area contributed by atoms with Gasteiger partial charge in [-0.2, -0.15) is 0 Å². The third-order valence-corrected chi connectivity index (χ3v) is 17.1. The number of rotatable bonds is 4. The summed E-state index contributed by atoms with van der Waals surface area (Å²) in [7, 11) is -2.29. The first-order chi connectivity index (χ1) is 22.8. The van der Waals surface area contributed by atoms with Crippen molar-refractivity contribution in [2.24, 2.45) is 23.7 Å². The predicted molar refractivity (Wildman–Crippen MR) is 194 cm³/mol. The van der Waals surface area contributed by atoms with Gasteiger partial charge < -0.3 is 33.6 Å². The third-order valence-electron chi connectivity index (χ3n) is 12.7. The first-order valence-electron chi connectivity index (χ1n) is 18.8. The Morgan fingerprint density at radius 3 is 2.51 bits per heavy atom. The van der Waals surface area contributed by atoms with Crippen LogP contribution in [0.4, 0.5) is 0 Å². The van der Waals surface area contributed by atoms with E-state index >= 15 is 0 Å². The molecule has 276 valence electrons. The van der Waals surface area contributed by atoms with Crippen molar-refractivity contribution in [2.45, 2.75) is 167 Å². The van der Waals surface area contributed by atoms with Crippen molar-refractivity contribution in [2.75, 3.05) is 6.61 Å². The summed E-state index contributed by atoms with van der Waals surface area (Å²) < 4.78 is 33.5. The summed E-state index contributed by atoms with van der Waals surface area (Å²) in [6.45, 7) is 23.7. The van der Waals surface area contributed by atoms with Gasteiger partial charge in [0.1, 0.15) is 23.7 Å². The van der Waals surface area contributed by atoms with Gasteiger partial charge in [0.2, 0.25) is 0 Å². The second kappa shape index (κ2) is 14.4. The Morgan fingerprint density at radius 2 is 1.84 bits per heavy atom. The lowest BCUT2D eigenvalue weighted by molar-refractivity contribution is -0.340. The summed E-state index contributed by atoms with van der Waals surface area (Å²) >= 11 is 0. The predicted octanol–water partition coefficient (Wildman–Crippen LogP) is 7.56. The fraction of sp³-hybridized carbons (Fsp3) is 0.775. The number of esters is 1. The first-order valence-corrected chi connectivity index (χ1v) is 21.7. The fourth-order valence-electron chi connectivity index (χ4n) is 8.18. The zero-order chi connectivity index (χ0) is 36.1. The molecular weight excluding hydrogens is 637 g/mol. The molecule has 2 N–H and O–H groups in total. The summed E-state index contributed by atoms with van der Waals surface area (Å²) in [4.78, 5) is 14.5. The molecular formula is C40H64O8Si. The Morgan fingerprint density at radius 1 is 1.12 bits per heavy atom. The zero-order valence-electron chi connectivity index (χ0n) is 32.0. The number of allylic oxidation sites excluding steroid dienone is 2. The van der Waals surface area contributed by atoms with Gasteiger partial charge in [0, 0.05) is 25.2 Å². The number of hydrogen-bond acceptors (Lipinski definition) is 8. The molecule has 2 bridgehead atoms. The molecule has 0 radical (unpaired) electrons. The topological polar surface area (TPSA) is 104 Å². The standard InChI is InChI=1S/C40H64O8Si/c1-12-24(2)34-27(5)18-19-39(47-34)22-31-21-30(46-39)17-16-26(4)33(41)25(3)14-13-15-29-23-44-36-35(48-49(10,11)38(7,8)9)28(6)20-32(37(42)45-31)40(29,36)43/h13-16,20,24-25,27,30-36,41,43H,12,17-19,21-23H2,1-11H3/b14-13+,26-16+,29-15+/t24-,25-,27-,30+,31-,32-,33-,34+,35+,36+,39+,40+/m0/s1. The van der Waals surface area contributed by atoms with E-state index in [1.165, 1.54) is 0 Å². The van der Waals surface area contributed by atoms with Crippen molar-refractivity contribution >= 4 is 14.3 Å². The quantitative estimate of drug-likeness (QED) is 0.176. The minimum absolute atomic E-state index is 0.0463. The van der Waals surface area contributed by atoms with Crippen LogP contribution in [0.25, 0.3) is 0 Å². The lowest BCUT2D eigenvalue weighted by Gasteiger charge is -2.51. The highest BCUT2D eigenvalue weighted by Gasteiger charge is 2.61. The lowest BCUT2D eigenvalue weighted by atomic mass is 9.71. The van der Waals surface area contributed by atoms with E-state index in [2.05, 4.69) is 60.7 Å². The van der Waals surface area contributed by atoms with Crippen LogP contribution in [0.15, 0.2) is 47.1 Å². The molecule has 0 aromatic rings. The Hall–Kier alpha value is -1.59. The normalized spacial score (nSPS) is 44.1. The molecule has 3 saturated heterocycles. The molecule has 5 rings (SSSR count). The van der Waals surface area contributed by atoms with Gasteiger partial charge in [-0.3, -0.25) is 4.79 Å². The van der Waals surface area contributed by atoms with Gasteiger partial charge in [-0.25, -0.2) is 0 Å². The van der Waals surface area contributed by atoms with Crippen molar-refractivity contribution < 1.29 is 38.4 Å². The SMILES string of the molecule is CC[C@H](C)[C@H]1O[C@]2(CC[C@@H]1C)C[C@@H]1C[C@@H](C/C=C(\C)[C@@H](O)[C@@H](C)/C=C/C=C3\CO[C@@H]4[C@H](O[Si](C)(C)C(C)(C)C)C(C)=C[C@@H](C(=O)O1)[C@]34O)O2. The van der Waals surface area contributed by atoms with Crippen molar-refractivity contribution in [3.05, 3.63) is 47.1 Å². The molecule has 1 aliphatic carbocycles. The van der Waals surface area contributed by atoms with Crippen molar-refractivity contribution in [3.63, 3.8) is 0 Å². The van der Waals surface area contributed by atoms with Crippen LogP contribution in [-0.2, 0) is 28.2 Å². The van der Waals surface area contributed by atoms with Crippen LogP contribution in [0, 0.1) is 23.7 Å². The van der Waals surface area contributed by atoms with Crippen LogP contribution in [0.1, 0.15) is 101 Å². The molecule has 49 heavy (non-hydrogen) atoms. The maximum Gasteiger partial charge on any atom is 0.316 e. The minimum atomic E-state index is -2.29. The van der Waals surface area contributed by atoms with Crippen LogP contribution < -0.4 is 0 Å². The van der Waals surface area contributed by atoms with Gasteiger partial charge in [0.25, 0.3) is 0 Å². The summed E-state index contributed by atoms with van der Waals surface area (Å²) in [5, 5.41) is 24.0. The van der Waals surface area contributed by atoms with E-state index in [0.29, 0.717) is 36.7 Å². The number of aliphatic hydroxyl groups is 2. The van der Waals surface area contributed by atoms with Crippen LogP contribution in [0.2, 0.25) is 18.1 Å². The number of carbonyl (C=O) groups excluding carboxylic acids is 1. The Balaban J connectivity index is 1.55. The van der Waals surface area contributed by atoms with E-state index in [-0.39, 0.29) is 29.8 Å². The van der Waals surface area contributed by atoms with E-state index in [1.54, 1.807) is 0 Å². The summed E-state index contributed by atoms with van der Waals surface area (Å²) in [6.07, 6.45) is 11.1. The van der Waals surface area contributed by atoms with Crippen LogP contribution in [-0.4, -0.2) is 79.1 Å². The highest BCUT2D eigenvalue weighted by Crippen LogP contribution is 2.50.